The van der Waals surface area contributed by atoms with Gasteiger partial charge >= 0.3 is 5.97 Å². The average Bonchev–Trinajstić information content (AvgIpc) is 2.27. The van der Waals surface area contributed by atoms with Crippen LogP contribution in [0, 0.1) is 5.92 Å². The topological polar surface area (TPSA) is 38.7 Å². The second-order valence-electron chi connectivity index (χ2n) is 4.73. The SMILES string of the molecule is COC(=O)C(C)N=CC[C@H](C)CCC=C(C)C. The van der Waals surface area contributed by atoms with Gasteiger partial charge in [0, 0.05) is 0 Å². The maximum Gasteiger partial charge on any atom is 0.330 e. The third kappa shape index (κ3) is 8.66. The normalized spacial score (nSPS) is 14.4. The molecule has 2 atom stereocenters. The van der Waals surface area contributed by atoms with Crippen LogP contribution in [0.15, 0.2) is 16.6 Å². The summed E-state index contributed by atoms with van der Waals surface area (Å²) in [5.41, 5.74) is 1.37. The Balaban J connectivity index is 3.83. The Morgan fingerprint density at radius 3 is 2.53 bits per heavy atom. The van der Waals surface area contributed by atoms with Crippen LogP contribution in [-0.2, 0) is 9.53 Å². The van der Waals surface area contributed by atoms with Crippen LogP contribution in [0.1, 0.15) is 47.0 Å². The number of nitrogens with zero attached hydrogens (tertiary/aromatic N) is 1. The molecule has 17 heavy (non-hydrogen) atoms. The predicted molar refractivity (Wildman–Crippen MR) is 72.4 cm³/mol. The first-order chi connectivity index (χ1) is 7.97. The van der Waals surface area contributed by atoms with Gasteiger partial charge in [0.1, 0.15) is 6.04 Å². The van der Waals surface area contributed by atoms with Gasteiger partial charge in [-0.15, -0.1) is 0 Å². The van der Waals surface area contributed by atoms with Gasteiger partial charge in [-0.1, -0.05) is 18.6 Å². The number of hydrogen-bond donors (Lipinski definition) is 0. The van der Waals surface area contributed by atoms with Crippen LogP contribution in [0.4, 0.5) is 0 Å². The molecule has 0 spiro atoms. The van der Waals surface area contributed by atoms with Crippen LogP contribution >= 0.6 is 0 Å². The average molecular weight is 239 g/mol. The Hall–Kier alpha value is -1.12. The zero-order valence-corrected chi connectivity index (χ0v) is 11.7. The second-order valence-corrected chi connectivity index (χ2v) is 4.73. The van der Waals surface area contributed by atoms with Crippen LogP contribution in [0.25, 0.3) is 0 Å². The molecule has 0 rings (SSSR count). The van der Waals surface area contributed by atoms with E-state index in [1.807, 2.05) is 6.21 Å². The van der Waals surface area contributed by atoms with Crippen molar-refractivity contribution in [1.82, 2.24) is 0 Å². The molecule has 3 heteroatoms. The number of ether oxygens (including phenoxy) is 1. The van der Waals surface area contributed by atoms with Crippen LogP contribution in [0.2, 0.25) is 0 Å². The number of methoxy groups -OCH3 is 1. The number of hydrogen-bond acceptors (Lipinski definition) is 3. The molecule has 0 saturated heterocycles. The molecule has 0 fully saturated rings. The van der Waals surface area contributed by atoms with Gasteiger partial charge < -0.3 is 4.74 Å². The van der Waals surface area contributed by atoms with Gasteiger partial charge in [-0.2, -0.15) is 0 Å². The molecule has 0 amide bonds. The summed E-state index contributed by atoms with van der Waals surface area (Å²) in [6.45, 7) is 8.18. The minimum absolute atomic E-state index is 0.279. The standard InChI is InChI=1S/C14H25NO2/c1-11(2)7-6-8-12(3)9-10-15-13(4)14(16)17-5/h7,10,12-13H,6,8-9H2,1-5H3/t12-,13?/m1/s1. The maximum absolute atomic E-state index is 11.1. The lowest BCUT2D eigenvalue weighted by atomic mass is 10.0. The number of carbonyl (C=O) groups excluding carboxylic acids is 1. The first-order valence-electron chi connectivity index (χ1n) is 6.20. The third-order valence-corrected chi connectivity index (χ3v) is 2.59. The Morgan fingerprint density at radius 2 is 2.00 bits per heavy atom. The van der Waals surface area contributed by atoms with Gasteiger partial charge in [0.25, 0.3) is 0 Å². The highest BCUT2D eigenvalue weighted by Gasteiger charge is 2.09. The van der Waals surface area contributed by atoms with Crippen molar-refractivity contribution in [3.63, 3.8) is 0 Å². The maximum atomic E-state index is 11.1. The second kappa shape index (κ2) is 8.97. The van der Waals surface area contributed by atoms with Crippen molar-refractivity contribution >= 4 is 12.2 Å². The highest BCUT2D eigenvalue weighted by molar-refractivity contribution is 5.77. The number of rotatable bonds is 7. The number of aliphatic imine (C=N–C) groups is 1. The first kappa shape index (κ1) is 15.9. The van der Waals surface area contributed by atoms with Crippen molar-refractivity contribution in [3.05, 3.63) is 11.6 Å². The molecule has 3 nitrogen and oxygen atoms in total. The molecule has 0 radical (unpaired) electrons. The Morgan fingerprint density at radius 1 is 1.35 bits per heavy atom. The summed E-state index contributed by atoms with van der Waals surface area (Å²) < 4.78 is 4.60. The number of carbonyl (C=O) groups is 1. The van der Waals surface area contributed by atoms with Crippen molar-refractivity contribution in [1.29, 1.82) is 0 Å². The molecular weight excluding hydrogens is 214 g/mol. The lowest BCUT2D eigenvalue weighted by Gasteiger charge is -2.07. The van der Waals surface area contributed by atoms with E-state index in [-0.39, 0.29) is 12.0 Å². The van der Waals surface area contributed by atoms with E-state index >= 15 is 0 Å². The van der Waals surface area contributed by atoms with E-state index in [0.29, 0.717) is 5.92 Å². The lowest BCUT2D eigenvalue weighted by Crippen LogP contribution is -2.16. The van der Waals surface area contributed by atoms with E-state index in [9.17, 15) is 4.79 Å². The molecule has 0 bridgehead atoms. The van der Waals surface area contributed by atoms with Crippen LogP contribution in [0.3, 0.4) is 0 Å². The van der Waals surface area contributed by atoms with E-state index in [1.165, 1.54) is 12.7 Å². The van der Waals surface area contributed by atoms with E-state index in [0.717, 1.165) is 19.3 Å². The van der Waals surface area contributed by atoms with E-state index in [1.54, 1.807) is 6.92 Å². The van der Waals surface area contributed by atoms with Crippen LogP contribution in [-0.4, -0.2) is 25.3 Å². The summed E-state index contributed by atoms with van der Waals surface area (Å²) in [5, 5.41) is 0. The highest BCUT2D eigenvalue weighted by atomic mass is 16.5. The molecule has 98 valence electrons. The van der Waals surface area contributed by atoms with Crippen molar-refractivity contribution in [2.45, 2.75) is 53.0 Å². The number of esters is 1. The Labute approximate surface area is 105 Å². The lowest BCUT2D eigenvalue weighted by molar-refractivity contribution is -0.141. The minimum atomic E-state index is -0.384. The molecule has 0 aromatic carbocycles. The first-order valence-corrected chi connectivity index (χ1v) is 6.20. The molecular formula is C14H25NO2. The number of allylic oxidation sites excluding steroid dienone is 2. The monoisotopic (exact) mass is 239 g/mol. The fourth-order valence-electron chi connectivity index (χ4n) is 1.40. The van der Waals surface area contributed by atoms with Crippen molar-refractivity contribution in [2.75, 3.05) is 7.11 Å². The van der Waals surface area contributed by atoms with E-state index in [4.69, 9.17) is 0 Å². The summed E-state index contributed by atoms with van der Waals surface area (Å²) in [7, 11) is 1.39. The fourth-order valence-corrected chi connectivity index (χ4v) is 1.40. The van der Waals surface area contributed by atoms with E-state index in [2.05, 4.69) is 36.6 Å². The predicted octanol–water partition coefficient (Wildman–Crippen LogP) is 3.39. The van der Waals surface area contributed by atoms with Gasteiger partial charge in [-0.05, 0) is 52.2 Å². The molecule has 1 unspecified atom stereocenters. The smallest absolute Gasteiger partial charge is 0.330 e. The summed E-state index contributed by atoms with van der Waals surface area (Å²) >= 11 is 0. The molecule has 0 aromatic rings. The molecule has 0 aliphatic heterocycles. The molecule has 0 aromatic heterocycles. The van der Waals surface area contributed by atoms with E-state index < -0.39 is 0 Å². The molecule has 0 aliphatic carbocycles. The molecule has 0 aliphatic rings. The zero-order chi connectivity index (χ0) is 13.3. The summed E-state index contributed by atoms with van der Waals surface area (Å²) in [6, 6.07) is -0.384. The molecule has 0 heterocycles. The molecule has 0 N–H and O–H groups in total. The van der Waals surface area contributed by atoms with Gasteiger partial charge in [0.2, 0.25) is 0 Å². The van der Waals surface area contributed by atoms with Crippen molar-refractivity contribution in [2.24, 2.45) is 10.9 Å². The Bertz CT molecular complexity index is 278. The quantitative estimate of drug-likeness (QED) is 0.388. The summed E-state index contributed by atoms with van der Waals surface area (Å²) in [5.74, 6) is 0.317. The molecule has 0 saturated carbocycles. The van der Waals surface area contributed by atoms with Crippen molar-refractivity contribution in [3.8, 4) is 0 Å². The van der Waals surface area contributed by atoms with Crippen molar-refractivity contribution < 1.29 is 9.53 Å². The third-order valence-electron chi connectivity index (χ3n) is 2.59. The minimum Gasteiger partial charge on any atom is -0.467 e. The summed E-state index contributed by atoms with van der Waals surface area (Å²) in [6.07, 6.45) is 7.28. The Kier molecular flexibility index (Phi) is 8.38. The fraction of sp³-hybridized carbons (Fsp3) is 0.714. The summed E-state index contributed by atoms with van der Waals surface area (Å²) in [4.78, 5) is 15.3. The van der Waals surface area contributed by atoms with Gasteiger partial charge in [-0.25, -0.2) is 4.79 Å². The van der Waals surface area contributed by atoms with Crippen LogP contribution < -0.4 is 0 Å². The highest BCUT2D eigenvalue weighted by Crippen LogP contribution is 2.10. The van der Waals surface area contributed by atoms with Gasteiger partial charge in [0.05, 0.1) is 7.11 Å². The van der Waals surface area contributed by atoms with Crippen LogP contribution in [0.5, 0.6) is 0 Å². The van der Waals surface area contributed by atoms with Gasteiger partial charge in [-0.3, -0.25) is 4.99 Å². The van der Waals surface area contributed by atoms with Gasteiger partial charge in [0.15, 0.2) is 0 Å². The largest absolute Gasteiger partial charge is 0.467 e. The zero-order valence-electron chi connectivity index (χ0n) is 11.7.